The average molecular weight is 399 g/mol. The van der Waals surface area contributed by atoms with Crippen molar-refractivity contribution < 1.29 is 18.3 Å². The Hall–Kier alpha value is -3.22. The van der Waals surface area contributed by atoms with Gasteiger partial charge in [0.05, 0.1) is 5.69 Å². The smallest absolute Gasteiger partial charge is 0.254 e. The third kappa shape index (κ3) is 4.80. The normalized spacial score (nSPS) is 10.8. The van der Waals surface area contributed by atoms with Crippen LogP contribution in [0.4, 0.5) is 8.78 Å². The van der Waals surface area contributed by atoms with Crippen LogP contribution in [0.15, 0.2) is 48.7 Å². The maximum atomic E-state index is 13.8. The molecule has 0 bridgehead atoms. The van der Waals surface area contributed by atoms with E-state index in [0.29, 0.717) is 17.7 Å². The summed E-state index contributed by atoms with van der Waals surface area (Å²) in [6.45, 7) is 5.10. The van der Waals surface area contributed by atoms with Crippen molar-refractivity contribution >= 4 is 5.91 Å². The lowest BCUT2D eigenvalue weighted by Gasteiger charge is -2.19. The van der Waals surface area contributed by atoms with Crippen LogP contribution in [0.5, 0.6) is 5.75 Å². The summed E-state index contributed by atoms with van der Waals surface area (Å²) in [5, 5.41) is 4.41. The molecule has 0 atom stereocenters. The summed E-state index contributed by atoms with van der Waals surface area (Å²) in [6, 6.07) is 10.1. The first-order valence-electron chi connectivity index (χ1n) is 9.33. The number of amides is 1. The number of carbonyl (C=O) groups excluding carboxylic acids is 1. The fourth-order valence-electron chi connectivity index (χ4n) is 3.01. The first kappa shape index (κ1) is 20.5. The Kier molecular flexibility index (Phi) is 6.26. The molecule has 0 fully saturated rings. The van der Waals surface area contributed by atoms with E-state index >= 15 is 0 Å². The Morgan fingerprint density at radius 1 is 1.17 bits per heavy atom. The fraction of sp³-hybridized carbons (Fsp3) is 0.273. The van der Waals surface area contributed by atoms with Gasteiger partial charge < -0.3 is 9.64 Å². The quantitative estimate of drug-likeness (QED) is 0.594. The van der Waals surface area contributed by atoms with Gasteiger partial charge in [-0.15, -0.1) is 0 Å². The van der Waals surface area contributed by atoms with Crippen LogP contribution in [0.1, 0.15) is 34.1 Å². The molecule has 7 heteroatoms. The molecule has 1 heterocycles. The molecule has 0 radical (unpaired) electrons. The van der Waals surface area contributed by atoms with Crippen molar-refractivity contribution in [2.45, 2.75) is 33.5 Å². The number of nitrogens with zero attached hydrogens (tertiary/aromatic N) is 3. The van der Waals surface area contributed by atoms with Crippen LogP contribution in [0.3, 0.4) is 0 Å². The maximum absolute atomic E-state index is 13.8. The Morgan fingerprint density at radius 2 is 1.93 bits per heavy atom. The van der Waals surface area contributed by atoms with Crippen LogP contribution < -0.4 is 4.74 Å². The number of rotatable bonds is 7. The van der Waals surface area contributed by atoms with Gasteiger partial charge in [0.25, 0.3) is 5.91 Å². The molecule has 152 valence electrons. The van der Waals surface area contributed by atoms with E-state index in [-0.39, 0.29) is 18.3 Å². The molecule has 3 aromatic rings. The number of ether oxygens (including phenoxy) is 1. The second kappa shape index (κ2) is 8.86. The molecule has 0 aliphatic heterocycles. The second-order valence-electron chi connectivity index (χ2n) is 6.78. The van der Waals surface area contributed by atoms with Crippen molar-refractivity contribution in [1.29, 1.82) is 0 Å². The topological polar surface area (TPSA) is 47.4 Å². The van der Waals surface area contributed by atoms with E-state index in [1.807, 2.05) is 24.7 Å². The summed E-state index contributed by atoms with van der Waals surface area (Å²) in [6.07, 6.45) is 1.94. The molecule has 1 aromatic heterocycles. The molecule has 5 nitrogen and oxygen atoms in total. The number of carbonyl (C=O) groups is 1. The molecule has 0 saturated heterocycles. The predicted octanol–water partition coefficient (Wildman–Crippen LogP) is 4.34. The minimum Gasteiger partial charge on any atom is -0.486 e. The van der Waals surface area contributed by atoms with Gasteiger partial charge in [0.2, 0.25) is 0 Å². The highest BCUT2D eigenvalue weighted by Crippen LogP contribution is 2.21. The van der Waals surface area contributed by atoms with Crippen LogP contribution in [-0.4, -0.2) is 27.6 Å². The predicted molar refractivity (Wildman–Crippen MR) is 106 cm³/mol. The second-order valence-corrected chi connectivity index (χ2v) is 6.78. The van der Waals surface area contributed by atoms with Gasteiger partial charge in [-0.1, -0.05) is 18.2 Å². The molecule has 29 heavy (non-hydrogen) atoms. The van der Waals surface area contributed by atoms with Gasteiger partial charge in [0.15, 0.2) is 11.6 Å². The van der Waals surface area contributed by atoms with Crippen molar-refractivity contribution in [2.75, 3.05) is 7.05 Å². The number of hydrogen-bond donors (Lipinski definition) is 0. The zero-order valence-corrected chi connectivity index (χ0v) is 16.7. The van der Waals surface area contributed by atoms with Crippen LogP contribution >= 0.6 is 0 Å². The highest BCUT2D eigenvalue weighted by molar-refractivity contribution is 5.95. The summed E-state index contributed by atoms with van der Waals surface area (Å²) < 4.78 is 34.2. The molecule has 0 unspecified atom stereocenters. The van der Waals surface area contributed by atoms with E-state index < -0.39 is 11.6 Å². The average Bonchev–Trinajstić information content (AvgIpc) is 3.06. The van der Waals surface area contributed by atoms with Gasteiger partial charge in [-0.2, -0.15) is 5.10 Å². The highest BCUT2D eigenvalue weighted by atomic mass is 19.1. The standard InChI is InChI=1S/C22H23F2N3O2/c1-4-27-13-17(15(2)25-27)12-26(3)22(28)19-8-6-5-7-16(19)14-29-21-10-9-18(23)11-20(21)24/h5-11,13H,4,12,14H2,1-3H3. The van der Waals surface area contributed by atoms with Gasteiger partial charge in [-0.3, -0.25) is 9.48 Å². The van der Waals surface area contributed by atoms with E-state index in [2.05, 4.69) is 5.10 Å². The third-order valence-corrected chi connectivity index (χ3v) is 4.65. The van der Waals surface area contributed by atoms with Crippen molar-refractivity contribution in [2.24, 2.45) is 0 Å². The number of hydrogen-bond acceptors (Lipinski definition) is 3. The van der Waals surface area contributed by atoms with Crippen LogP contribution in [0.25, 0.3) is 0 Å². The van der Waals surface area contributed by atoms with Crippen LogP contribution in [0, 0.1) is 18.6 Å². The molecular weight excluding hydrogens is 376 g/mol. The molecule has 2 aromatic carbocycles. The number of benzene rings is 2. The molecule has 0 spiro atoms. The largest absolute Gasteiger partial charge is 0.486 e. The van der Waals surface area contributed by atoms with Gasteiger partial charge in [0, 0.05) is 49.1 Å². The Morgan fingerprint density at radius 3 is 2.62 bits per heavy atom. The monoisotopic (exact) mass is 399 g/mol. The zero-order valence-electron chi connectivity index (χ0n) is 16.7. The molecule has 0 N–H and O–H groups in total. The lowest BCUT2D eigenvalue weighted by molar-refractivity contribution is 0.0782. The molecule has 0 saturated carbocycles. The van der Waals surface area contributed by atoms with Gasteiger partial charge in [0.1, 0.15) is 12.4 Å². The van der Waals surface area contributed by atoms with Crippen molar-refractivity contribution in [1.82, 2.24) is 14.7 Å². The minimum absolute atomic E-state index is 0.00883. The summed E-state index contributed by atoms with van der Waals surface area (Å²) in [4.78, 5) is 14.6. The lowest BCUT2D eigenvalue weighted by atomic mass is 10.1. The third-order valence-electron chi connectivity index (χ3n) is 4.65. The zero-order chi connectivity index (χ0) is 21.0. The SMILES string of the molecule is CCn1cc(CN(C)C(=O)c2ccccc2COc2ccc(F)cc2F)c(C)n1. The number of aromatic nitrogens is 2. The number of halogens is 2. The summed E-state index contributed by atoms with van der Waals surface area (Å²) >= 11 is 0. The number of aryl methyl sites for hydroxylation is 2. The van der Waals surface area contributed by atoms with Gasteiger partial charge in [-0.05, 0) is 32.0 Å². The van der Waals surface area contributed by atoms with Gasteiger partial charge >= 0.3 is 0 Å². The Balaban J connectivity index is 1.74. The van der Waals surface area contributed by atoms with E-state index in [1.54, 1.807) is 36.2 Å². The van der Waals surface area contributed by atoms with Gasteiger partial charge in [-0.25, -0.2) is 8.78 Å². The highest BCUT2D eigenvalue weighted by Gasteiger charge is 2.18. The van der Waals surface area contributed by atoms with Crippen molar-refractivity contribution in [3.05, 3.63) is 82.7 Å². The molecule has 1 amide bonds. The molecule has 0 aliphatic rings. The summed E-state index contributed by atoms with van der Waals surface area (Å²) in [7, 11) is 1.72. The van der Waals surface area contributed by atoms with Crippen LogP contribution in [-0.2, 0) is 19.7 Å². The Labute approximate surface area is 168 Å². The van der Waals surface area contributed by atoms with E-state index in [0.717, 1.165) is 29.9 Å². The van der Waals surface area contributed by atoms with Crippen LogP contribution in [0.2, 0.25) is 0 Å². The molecule has 0 aliphatic carbocycles. The van der Waals surface area contributed by atoms with Crippen molar-refractivity contribution in [3.63, 3.8) is 0 Å². The van der Waals surface area contributed by atoms with E-state index in [1.165, 1.54) is 6.07 Å². The maximum Gasteiger partial charge on any atom is 0.254 e. The molecular formula is C22H23F2N3O2. The first-order valence-corrected chi connectivity index (χ1v) is 9.33. The Bertz CT molecular complexity index is 1020. The summed E-state index contributed by atoms with van der Waals surface area (Å²) in [5.74, 6) is -1.69. The van der Waals surface area contributed by atoms with E-state index in [9.17, 15) is 13.6 Å². The summed E-state index contributed by atoms with van der Waals surface area (Å²) in [5.41, 5.74) is 2.95. The fourth-order valence-corrected chi connectivity index (χ4v) is 3.01. The van der Waals surface area contributed by atoms with Crippen molar-refractivity contribution in [3.8, 4) is 5.75 Å². The first-order chi connectivity index (χ1) is 13.9. The minimum atomic E-state index is -0.783. The lowest BCUT2D eigenvalue weighted by Crippen LogP contribution is -2.27. The molecule has 3 rings (SSSR count). The van der Waals surface area contributed by atoms with E-state index in [4.69, 9.17) is 4.74 Å².